The molecule has 1 saturated carbocycles. The Balaban J connectivity index is 1.32. The minimum absolute atomic E-state index is 0.0505. The van der Waals surface area contributed by atoms with Crippen molar-refractivity contribution in [3.8, 4) is 5.75 Å². The molecule has 1 aliphatic carbocycles. The quantitative estimate of drug-likeness (QED) is 0.522. The average Bonchev–Trinajstić information content (AvgIpc) is 3.28. The SMILES string of the molecule is COc1cc([C@H](OC)C(=O)Nc2nnc(CC3CCC(c4cccnn4)CC3)s2)ccc1F. The molecule has 8 nitrogen and oxygen atoms in total. The summed E-state index contributed by atoms with van der Waals surface area (Å²) in [7, 11) is 2.79. The van der Waals surface area contributed by atoms with Gasteiger partial charge in [0.2, 0.25) is 5.13 Å². The van der Waals surface area contributed by atoms with Crippen LogP contribution in [0.25, 0.3) is 0 Å². The molecule has 1 fully saturated rings. The summed E-state index contributed by atoms with van der Waals surface area (Å²) in [4.78, 5) is 12.8. The third-order valence-corrected chi connectivity index (χ3v) is 6.83. The Hall–Kier alpha value is -2.98. The van der Waals surface area contributed by atoms with Gasteiger partial charge in [-0.05, 0) is 61.4 Å². The van der Waals surface area contributed by atoms with E-state index in [1.165, 1.54) is 43.8 Å². The maximum Gasteiger partial charge on any atom is 0.259 e. The average molecular weight is 472 g/mol. The Bertz CT molecular complexity index is 1070. The normalized spacial score (nSPS) is 19.1. The first-order valence-electron chi connectivity index (χ1n) is 10.8. The molecule has 1 aliphatic rings. The van der Waals surface area contributed by atoms with Crippen LogP contribution in [0.5, 0.6) is 5.75 Å². The van der Waals surface area contributed by atoms with Crippen LogP contribution in [-0.4, -0.2) is 40.5 Å². The Morgan fingerprint density at radius 3 is 2.70 bits per heavy atom. The lowest BCUT2D eigenvalue weighted by Crippen LogP contribution is -2.22. The monoisotopic (exact) mass is 471 g/mol. The van der Waals surface area contributed by atoms with Crippen molar-refractivity contribution in [2.24, 2.45) is 5.92 Å². The molecule has 1 atom stereocenters. The first-order valence-corrected chi connectivity index (χ1v) is 11.7. The zero-order valence-corrected chi connectivity index (χ0v) is 19.3. The molecular weight excluding hydrogens is 445 g/mol. The smallest absolute Gasteiger partial charge is 0.259 e. The fraction of sp³-hybridized carbons (Fsp3) is 0.435. The van der Waals surface area contributed by atoms with Gasteiger partial charge in [-0.2, -0.15) is 10.2 Å². The van der Waals surface area contributed by atoms with Crippen LogP contribution in [0, 0.1) is 11.7 Å². The Labute approximate surface area is 195 Å². The van der Waals surface area contributed by atoms with Gasteiger partial charge < -0.3 is 9.47 Å². The van der Waals surface area contributed by atoms with E-state index < -0.39 is 17.8 Å². The number of nitrogens with one attached hydrogen (secondary N) is 1. The number of amides is 1. The fourth-order valence-corrected chi connectivity index (χ4v) is 5.09. The molecule has 33 heavy (non-hydrogen) atoms. The van der Waals surface area contributed by atoms with Crippen LogP contribution in [0.4, 0.5) is 9.52 Å². The number of anilines is 1. The van der Waals surface area contributed by atoms with Gasteiger partial charge >= 0.3 is 0 Å². The number of carbonyl (C=O) groups is 1. The van der Waals surface area contributed by atoms with Crippen LogP contribution in [0.3, 0.4) is 0 Å². The lowest BCUT2D eigenvalue weighted by molar-refractivity contribution is -0.126. The molecule has 0 spiro atoms. The van der Waals surface area contributed by atoms with E-state index in [1.54, 1.807) is 6.20 Å². The molecule has 0 unspecified atom stereocenters. The molecule has 0 saturated heterocycles. The lowest BCUT2D eigenvalue weighted by atomic mass is 9.79. The van der Waals surface area contributed by atoms with Gasteiger partial charge in [0.25, 0.3) is 5.91 Å². The molecular formula is C23H26FN5O3S. The van der Waals surface area contributed by atoms with E-state index in [4.69, 9.17) is 9.47 Å². The van der Waals surface area contributed by atoms with Crippen LogP contribution in [0.2, 0.25) is 0 Å². The van der Waals surface area contributed by atoms with Crippen LogP contribution < -0.4 is 10.1 Å². The van der Waals surface area contributed by atoms with Crippen molar-refractivity contribution in [2.45, 2.75) is 44.1 Å². The number of halogens is 1. The summed E-state index contributed by atoms with van der Waals surface area (Å²) in [5.41, 5.74) is 1.56. The van der Waals surface area contributed by atoms with Gasteiger partial charge in [-0.1, -0.05) is 17.4 Å². The lowest BCUT2D eigenvalue weighted by Gasteiger charge is -2.27. The summed E-state index contributed by atoms with van der Waals surface area (Å²) in [5.74, 6) is 0.145. The van der Waals surface area contributed by atoms with Crippen LogP contribution >= 0.6 is 11.3 Å². The fourth-order valence-electron chi connectivity index (χ4n) is 4.23. The zero-order valence-electron chi connectivity index (χ0n) is 18.5. The van der Waals surface area contributed by atoms with Crippen LogP contribution in [-0.2, 0) is 16.0 Å². The van der Waals surface area contributed by atoms with Crippen molar-refractivity contribution in [2.75, 3.05) is 19.5 Å². The van der Waals surface area contributed by atoms with Gasteiger partial charge in [0.15, 0.2) is 17.7 Å². The molecule has 4 rings (SSSR count). The van der Waals surface area contributed by atoms with E-state index in [9.17, 15) is 9.18 Å². The zero-order chi connectivity index (χ0) is 23.2. The van der Waals surface area contributed by atoms with Gasteiger partial charge in [-0.3, -0.25) is 10.1 Å². The molecule has 1 N–H and O–H groups in total. The Morgan fingerprint density at radius 1 is 1.18 bits per heavy atom. The summed E-state index contributed by atoms with van der Waals surface area (Å²) < 4.78 is 24.0. The predicted molar refractivity (Wildman–Crippen MR) is 122 cm³/mol. The van der Waals surface area contributed by atoms with Crippen LogP contribution in [0.15, 0.2) is 36.5 Å². The third-order valence-electron chi connectivity index (χ3n) is 5.97. The highest BCUT2D eigenvalue weighted by Crippen LogP contribution is 2.36. The van der Waals surface area contributed by atoms with Gasteiger partial charge in [0.05, 0.1) is 12.8 Å². The molecule has 0 radical (unpaired) electrons. The number of benzene rings is 1. The van der Waals surface area contributed by atoms with Gasteiger partial charge in [0, 0.05) is 25.6 Å². The van der Waals surface area contributed by atoms with Crippen molar-refractivity contribution in [1.29, 1.82) is 0 Å². The van der Waals surface area contributed by atoms with Gasteiger partial charge in [0.1, 0.15) is 5.01 Å². The van der Waals surface area contributed by atoms with Gasteiger partial charge in [-0.25, -0.2) is 4.39 Å². The molecule has 10 heteroatoms. The molecule has 0 bridgehead atoms. The molecule has 2 heterocycles. The van der Waals surface area contributed by atoms with E-state index in [-0.39, 0.29) is 5.75 Å². The summed E-state index contributed by atoms with van der Waals surface area (Å²) in [5, 5.41) is 20.7. The summed E-state index contributed by atoms with van der Waals surface area (Å²) in [6, 6.07) is 8.18. The molecule has 1 amide bonds. The predicted octanol–water partition coefficient (Wildman–Crippen LogP) is 4.32. The van der Waals surface area contributed by atoms with E-state index in [2.05, 4.69) is 25.7 Å². The van der Waals surface area contributed by atoms with Gasteiger partial charge in [-0.15, -0.1) is 10.2 Å². The molecule has 174 valence electrons. The highest BCUT2D eigenvalue weighted by Gasteiger charge is 2.26. The summed E-state index contributed by atoms with van der Waals surface area (Å²) in [6.45, 7) is 0. The second-order valence-corrected chi connectivity index (χ2v) is 9.13. The first-order chi connectivity index (χ1) is 16.1. The maximum absolute atomic E-state index is 13.7. The molecule has 3 aromatic rings. The Morgan fingerprint density at radius 2 is 2.00 bits per heavy atom. The standard InChI is InChI=1S/C23H26FN5O3S/c1-31-19-13-16(9-10-17(19)24)21(32-2)22(30)26-23-29-28-20(33-23)12-14-5-7-15(8-6-14)18-4-3-11-25-27-18/h3-4,9-11,13-15,21H,5-8,12H2,1-2H3,(H,26,29,30)/t14?,15?,21-/m0/s1. The van der Waals surface area contributed by atoms with E-state index in [0.717, 1.165) is 42.8 Å². The van der Waals surface area contributed by atoms with E-state index in [1.807, 2.05) is 12.1 Å². The van der Waals surface area contributed by atoms with Crippen molar-refractivity contribution in [1.82, 2.24) is 20.4 Å². The number of hydrogen-bond acceptors (Lipinski definition) is 8. The van der Waals surface area contributed by atoms with Crippen molar-refractivity contribution in [3.63, 3.8) is 0 Å². The topological polar surface area (TPSA) is 99.1 Å². The van der Waals surface area contributed by atoms with Crippen molar-refractivity contribution >= 4 is 22.4 Å². The third kappa shape index (κ3) is 5.69. The number of methoxy groups -OCH3 is 2. The number of carbonyl (C=O) groups excluding carboxylic acids is 1. The van der Waals surface area contributed by atoms with Crippen molar-refractivity contribution in [3.05, 3.63) is 58.6 Å². The largest absolute Gasteiger partial charge is 0.494 e. The summed E-state index contributed by atoms with van der Waals surface area (Å²) >= 11 is 1.37. The molecule has 2 aromatic heterocycles. The van der Waals surface area contributed by atoms with Crippen molar-refractivity contribution < 1.29 is 18.7 Å². The molecule has 1 aromatic carbocycles. The summed E-state index contributed by atoms with van der Waals surface area (Å²) in [6.07, 6.45) is 5.98. The molecule has 0 aliphatic heterocycles. The number of rotatable bonds is 8. The maximum atomic E-state index is 13.7. The van der Waals surface area contributed by atoms with E-state index in [0.29, 0.717) is 22.5 Å². The highest BCUT2D eigenvalue weighted by molar-refractivity contribution is 7.15. The second-order valence-electron chi connectivity index (χ2n) is 8.07. The van der Waals surface area contributed by atoms with Crippen LogP contribution in [0.1, 0.15) is 54.0 Å². The van der Waals surface area contributed by atoms with E-state index >= 15 is 0 Å². The minimum atomic E-state index is -0.928. The first kappa shape index (κ1) is 23.2. The highest BCUT2D eigenvalue weighted by atomic mass is 32.1. The number of ether oxygens (including phenoxy) is 2. The number of nitrogens with zero attached hydrogens (tertiary/aromatic N) is 4. The number of aromatic nitrogens is 4. The number of hydrogen-bond donors (Lipinski definition) is 1. The minimum Gasteiger partial charge on any atom is -0.494 e. The second kappa shape index (κ2) is 10.8. The Kier molecular flexibility index (Phi) is 7.56.